The molecule has 0 N–H and O–H groups in total. The van der Waals surface area contributed by atoms with Crippen LogP contribution < -0.4 is 9.47 Å². The maximum absolute atomic E-state index is 6.91. The molecule has 3 aliphatic rings. The Balaban J connectivity index is 1.46. The molecule has 5 heterocycles. The summed E-state index contributed by atoms with van der Waals surface area (Å²) in [5.41, 5.74) is 4.27. The second kappa shape index (κ2) is 9.12. The average molecular weight is 468 g/mol. The quantitative estimate of drug-likeness (QED) is 0.331. The predicted molar refractivity (Wildman–Crippen MR) is 140 cm³/mol. The van der Waals surface area contributed by atoms with Crippen LogP contribution in [0.25, 0.3) is 21.8 Å². The SMILES string of the molecule is CC[C@@H]1CN2CCC1CC2[C@@H](Oc1cc(C)c2ccccc2n1)c1ccnc2ccc(OC)cc12. The molecular weight excluding hydrogens is 434 g/mol. The van der Waals surface area contributed by atoms with Crippen LogP contribution in [0.4, 0.5) is 0 Å². The number of ether oxygens (including phenoxy) is 2. The van der Waals surface area contributed by atoms with E-state index in [1.54, 1.807) is 7.11 Å². The summed E-state index contributed by atoms with van der Waals surface area (Å²) >= 11 is 0. The molecule has 7 rings (SSSR count). The number of fused-ring (bicyclic) bond motifs is 5. The summed E-state index contributed by atoms with van der Waals surface area (Å²) in [6.07, 6.45) is 5.47. The van der Waals surface area contributed by atoms with Gasteiger partial charge in [-0.15, -0.1) is 0 Å². The van der Waals surface area contributed by atoms with E-state index in [4.69, 9.17) is 14.5 Å². The van der Waals surface area contributed by atoms with Crippen molar-refractivity contribution in [2.75, 3.05) is 20.2 Å². The second-order valence-electron chi connectivity index (χ2n) is 10.1. The molecule has 2 bridgehead atoms. The van der Waals surface area contributed by atoms with Gasteiger partial charge in [-0.2, -0.15) is 0 Å². The van der Waals surface area contributed by atoms with Crippen LogP contribution in [-0.2, 0) is 0 Å². The fourth-order valence-corrected chi connectivity index (χ4v) is 6.34. The van der Waals surface area contributed by atoms with Gasteiger partial charge in [-0.1, -0.05) is 31.5 Å². The Morgan fingerprint density at radius 1 is 1.06 bits per heavy atom. The lowest BCUT2D eigenvalue weighted by Crippen LogP contribution is -2.56. The van der Waals surface area contributed by atoms with Crippen molar-refractivity contribution >= 4 is 21.8 Å². The summed E-state index contributed by atoms with van der Waals surface area (Å²) in [6, 6.07) is 18.9. The summed E-state index contributed by atoms with van der Waals surface area (Å²) in [5, 5.41) is 2.26. The maximum atomic E-state index is 6.91. The van der Waals surface area contributed by atoms with Crippen LogP contribution in [0.3, 0.4) is 0 Å². The molecule has 180 valence electrons. The largest absolute Gasteiger partial charge is 0.497 e. The van der Waals surface area contributed by atoms with Gasteiger partial charge in [-0.05, 0) is 74.0 Å². The first kappa shape index (κ1) is 22.3. The van der Waals surface area contributed by atoms with Crippen molar-refractivity contribution in [3.63, 3.8) is 0 Å². The highest BCUT2D eigenvalue weighted by atomic mass is 16.5. The van der Waals surface area contributed by atoms with E-state index in [0.717, 1.165) is 59.1 Å². The lowest BCUT2D eigenvalue weighted by molar-refractivity contribution is -0.0492. The summed E-state index contributed by atoms with van der Waals surface area (Å²) in [5.74, 6) is 3.07. The number of benzene rings is 2. The minimum Gasteiger partial charge on any atom is -0.497 e. The molecule has 35 heavy (non-hydrogen) atoms. The molecule has 0 amide bonds. The summed E-state index contributed by atoms with van der Waals surface area (Å²) in [4.78, 5) is 12.2. The van der Waals surface area contributed by atoms with Gasteiger partial charge in [0.25, 0.3) is 0 Å². The number of aromatic nitrogens is 2. The van der Waals surface area contributed by atoms with E-state index in [1.807, 2.05) is 24.4 Å². The van der Waals surface area contributed by atoms with Gasteiger partial charge in [0.05, 0.1) is 24.2 Å². The van der Waals surface area contributed by atoms with E-state index in [0.29, 0.717) is 11.9 Å². The normalized spacial score (nSPS) is 24.5. The molecule has 2 aromatic carbocycles. The van der Waals surface area contributed by atoms with Crippen LogP contribution >= 0.6 is 0 Å². The highest BCUT2D eigenvalue weighted by Crippen LogP contribution is 2.44. The van der Waals surface area contributed by atoms with Crippen LogP contribution in [0.5, 0.6) is 11.6 Å². The standard InChI is InChI=1S/C30H33N3O2/c1-4-20-18-33-14-12-21(20)16-28(33)30(24-11-13-31-26-10-9-22(34-3)17-25(24)26)35-29-15-19(2)23-7-5-6-8-27(23)32-29/h5-11,13,15,17,20-21,28,30H,4,12,14,16,18H2,1-3H3/t20-,21?,28?,30+/m1/s1. The Morgan fingerprint density at radius 2 is 1.94 bits per heavy atom. The Hall–Kier alpha value is -3.18. The van der Waals surface area contributed by atoms with Gasteiger partial charge >= 0.3 is 0 Å². The van der Waals surface area contributed by atoms with E-state index < -0.39 is 0 Å². The molecular formula is C30H33N3O2. The number of pyridine rings is 2. The second-order valence-corrected chi connectivity index (χ2v) is 10.1. The summed E-state index contributed by atoms with van der Waals surface area (Å²) in [6.45, 7) is 6.76. The first-order valence-corrected chi connectivity index (χ1v) is 12.8. The van der Waals surface area contributed by atoms with Crippen LogP contribution in [0.2, 0.25) is 0 Å². The van der Waals surface area contributed by atoms with Crippen molar-refractivity contribution in [2.24, 2.45) is 11.8 Å². The lowest BCUT2D eigenvalue weighted by Gasteiger charge is -2.51. The minimum atomic E-state index is -0.138. The number of rotatable bonds is 6. The number of methoxy groups -OCH3 is 1. The van der Waals surface area contributed by atoms with Crippen LogP contribution in [-0.4, -0.2) is 41.1 Å². The highest BCUT2D eigenvalue weighted by Gasteiger charge is 2.44. The van der Waals surface area contributed by atoms with E-state index in [2.05, 4.69) is 60.1 Å². The molecule has 3 fully saturated rings. The van der Waals surface area contributed by atoms with E-state index >= 15 is 0 Å². The van der Waals surface area contributed by atoms with Crippen molar-refractivity contribution in [1.82, 2.24) is 14.9 Å². The predicted octanol–water partition coefficient (Wildman–Crippen LogP) is 6.34. The number of aryl methyl sites for hydroxylation is 1. The number of piperidine rings is 3. The van der Waals surface area contributed by atoms with E-state index in [-0.39, 0.29) is 6.10 Å². The van der Waals surface area contributed by atoms with Crippen molar-refractivity contribution in [3.05, 3.63) is 71.9 Å². The zero-order chi connectivity index (χ0) is 23.9. The molecule has 0 radical (unpaired) electrons. The van der Waals surface area contributed by atoms with Crippen molar-refractivity contribution < 1.29 is 9.47 Å². The smallest absolute Gasteiger partial charge is 0.214 e. The molecule has 0 saturated carbocycles. The number of hydrogen-bond acceptors (Lipinski definition) is 5. The minimum absolute atomic E-state index is 0.138. The monoisotopic (exact) mass is 467 g/mol. The van der Waals surface area contributed by atoms with E-state index in [9.17, 15) is 0 Å². The van der Waals surface area contributed by atoms with Crippen LogP contribution in [0, 0.1) is 18.8 Å². The number of hydrogen-bond donors (Lipinski definition) is 0. The molecule has 0 aliphatic carbocycles. The van der Waals surface area contributed by atoms with E-state index in [1.165, 1.54) is 23.8 Å². The molecule has 0 spiro atoms. The molecule has 5 heteroatoms. The van der Waals surface area contributed by atoms with Gasteiger partial charge < -0.3 is 9.47 Å². The molecule has 5 atom stereocenters. The van der Waals surface area contributed by atoms with Gasteiger partial charge in [-0.3, -0.25) is 9.88 Å². The topological polar surface area (TPSA) is 47.5 Å². The van der Waals surface area contributed by atoms with Crippen LogP contribution in [0.1, 0.15) is 43.4 Å². The molecule has 2 aromatic heterocycles. The van der Waals surface area contributed by atoms with Crippen molar-refractivity contribution in [1.29, 1.82) is 0 Å². The third kappa shape index (κ3) is 4.02. The first-order chi connectivity index (χ1) is 17.1. The summed E-state index contributed by atoms with van der Waals surface area (Å²) in [7, 11) is 1.71. The molecule has 3 aliphatic heterocycles. The highest BCUT2D eigenvalue weighted by molar-refractivity contribution is 5.84. The fourth-order valence-electron chi connectivity index (χ4n) is 6.34. The first-order valence-electron chi connectivity index (χ1n) is 12.8. The third-order valence-electron chi connectivity index (χ3n) is 8.25. The average Bonchev–Trinajstić information content (AvgIpc) is 2.91. The fraction of sp³-hybridized carbons (Fsp3) is 0.400. The third-order valence-corrected chi connectivity index (χ3v) is 8.25. The van der Waals surface area contributed by atoms with Crippen molar-refractivity contribution in [3.8, 4) is 11.6 Å². The van der Waals surface area contributed by atoms with Gasteiger partial charge in [0.15, 0.2) is 0 Å². The number of nitrogens with zero attached hydrogens (tertiary/aromatic N) is 3. The van der Waals surface area contributed by atoms with Gasteiger partial charge in [0.1, 0.15) is 11.9 Å². The molecule has 3 unspecified atom stereocenters. The Labute approximate surface area is 207 Å². The zero-order valence-electron chi connectivity index (χ0n) is 20.8. The zero-order valence-corrected chi connectivity index (χ0v) is 20.8. The maximum Gasteiger partial charge on any atom is 0.214 e. The van der Waals surface area contributed by atoms with Gasteiger partial charge in [0, 0.05) is 35.1 Å². The van der Waals surface area contributed by atoms with Gasteiger partial charge in [-0.25, -0.2) is 4.98 Å². The number of para-hydroxylation sites is 1. The Kier molecular flexibility index (Phi) is 5.81. The summed E-state index contributed by atoms with van der Waals surface area (Å²) < 4.78 is 12.5. The van der Waals surface area contributed by atoms with Gasteiger partial charge in [0.2, 0.25) is 5.88 Å². The van der Waals surface area contributed by atoms with Crippen LogP contribution in [0.15, 0.2) is 60.8 Å². The Bertz CT molecular complexity index is 1370. The Morgan fingerprint density at radius 3 is 2.74 bits per heavy atom. The molecule has 4 aromatic rings. The lowest BCUT2D eigenvalue weighted by atomic mass is 9.72. The molecule has 3 saturated heterocycles. The molecule has 5 nitrogen and oxygen atoms in total. The van der Waals surface area contributed by atoms with Crippen molar-refractivity contribution in [2.45, 2.75) is 45.3 Å².